The first-order valence-corrected chi connectivity index (χ1v) is 10.4. The molecule has 0 N–H and O–H groups in total. The van der Waals surface area contributed by atoms with Crippen LogP contribution in [0.2, 0.25) is 0 Å². The second-order valence-electron chi connectivity index (χ2n) is 7.09. The lowest BCUT2D eigenvalue weighted by Gasteiger charge is -2.25. The number of Topliss-reactive ketones (excluding diaryl/α,β-unsaturated/α-hetero) is 1. The molecule has 5 nitrogen and oxygen atoms in total. The molecule has 0 saturated carbocycles. The van der Waals surface area contributed by atoms with Gasteiger partial charge in [0.05, 0.1) is 10.00 Å². The van der Waals surface area contributed by atoms with Gasteiger partial charge in [0, 0.05) is 0 Å². The molecule has 0 aliphatic carbocycles. The van der Waals surface area contributed by atoms with Crippen LogP contribution in [0.3, 0.4) is 0 Å². The van der Waals surface area contributed by atoms with E-state index in [0.29, 0.717) is 0 Å². The number of hydrogen-bond acceptors (Lipinski definition) is 7. The van der Waals surface area contributed by atoms with Crippen LogP contribution < -0.4 is 0 Å². The van der Waals surface area contributed by atoms with Gasteiger partial charge < -0.3 is 14.2 Å². The van der Waals surface area contributed by atoms with Gasteiger partial charge >= 0.3 is 5.97 Å². The summed E-state index contributed by atoms with van der Waals surface area (Å²) in [6.45, 7) is 12.8. The molecule has 0 amide bonds. The normalized spacial score (nSPS) is 23.5. The highest BCUT2D eigenvalue weighted by atomic mass is 32.2. The summed E-state index contributed by atoms with van der Waals surface area (Å²) in [5, 5.41) is 0. The lowest BCUT2D eigenvalue weighted by Crippen LogP contribution is -2.40. The van der Waals surface area contributed by atoms with Gasteiger partial charge in [-0.3, -0.25) is 9.59 Å². The van der Waals surface area contributed by atoms with E-state index < -0.39 is 23.3 Å². The van der Waals surface area contributed by atoms with Gasteiger partial charge in [-0.25, -0.2) is 0 Å². The Hall–Kier alpha value is -0.240. The van der Waals surface area contributed by atoms with Crippen molar-refractivity contribution < 1.29 is 23.8 Å². The Morgan fingerprint density at radius 2 is 1.67 bits per heavy atom. The number of esters is 1. The van der Waals surface area contributed by atoms with Crippen LogP contribution in [0.25, 0.3) is 0 Å². The van der Waals surface area contributed by atoms with Crippen LogP contribution in [-0.4, -0.2) is 52.4 Å². The average molecular weight is 379 g/mol. The molecular weight excluding hydrogens is 348 g/mol. The summed E-state index contributed by atoms with van der Waals surface area (Å²) in [5.41, 5.74) is -0.634. The molecule has 0 radical (unpaired) electrons. The van der Waals surface area contributed by atoms with Crippen molar-refractivity contribution >= 4 is 35.3 Å². The topological polar surface area (TPSA) is 61.8 Å². The fraction of sp³-hybridized carbons (Fsp3) is 0.882. The van der Waals surface area contributed by atoms with E-state index in [-0.39, 0.29) is 23.1 Å². The quantitative estimate of drug-likeness (QED) is 0.473. The molecule has 7 heteroatoms. The minimum atomic E-state index is -0.820. The van der Waals surface area contributed by atoms with E-state index in [1.807, 2.05) is 0 Å². The van der Waals surface area contributed by atoms with Crippen LogP contribution in [0.5, 0.6) is 0 Å². The van der Waals surface area contributed by atoms with Crippen molar-refractivity contribution in [3.63, 3.8) is 0 Å². The van der Waals surface area contributed by atoms with Gasteiger partial charge in [-0.05, 0) is 46.1 Å². The van der Waals surface area contributed by atoms with Crippen LogP contribution in [0.1, 0.15) is 48.5 Å². The van der Waals surface area contributed by atoms with Crippen LogP contribution >= 0.6 is 23.5 Å². The maximum absolute atomic E-state index is 12.6. The Morgan fingerprint density at radius 3 is 2.12 bits per heavy atom. The van der Waals surface area contributed by atoms with Crippen LogP contribution in [0.4, 0.5) is 0 Å². The van der Waals surface area contributed by atoms with Crippen molar-refractivity contribution in [2.75, 3.05) is 18.1 Å². The molecule has 1 aliphatic heterocycles. The van der Waals surface area contributed by atoms with Gasteiger partial charge in [-0.1, -0.05) is 13.8 Å². The zero-order chi connectivity index (χ0) is 18.5. The summed E-state index contributed by atoms with van der Waals surface area (Å²) >= 11 is 3.49. The zero-order valence-electron chi connectivity index (χ0n) is 15.7. The molecular formula is C17H30O5S2. The molecule has 1 heterocycles. The van der Waals surface area contributed by atoms with E-state index in [0.717, 1.165) is 11.5 Å². The van der Waals surface area contributed by atoms with Crippen molar-refractivity contribution in [1.29, 1.82) is 0 Å². The summed E-state index contributed by atoms with van der Waals surface area (Å²) in [6, 6.07) is 0. The predicted octanol–water partition coefficient (Wildman–Crippen LogP) is 3.50. The monoisotopic (exact) mass is 378 g/mol. The maximum Gasteiger partial charge on any atom is 0.311 e. The van der Waals surface area contributed by atoms with E-state index in [1.165, 1.54) is 0 Å². The summed E-state index contributed by atoms with van der Waals surface area (Å²) in [6.07, 6.45) is -1.06. The van der Waals surface area contributed by atoms with E-state index in [2.05, 4.69) is 13.8 Å². The molecule has 1 fully saturated rings. The fourth-order valence-electron chi connectivity index (χ4n) is 2.24. The molecule has 0 spiro atoms. The Kier molecular flexibility index (Phi) is 8.10. The predicted molar refractivity (Wildman–Crippen MR) is 99.3 cm³/mol. The van der Waals surface area contributed by atoms with Crippen molar-refractivity contribution in [3.8, 4) is 0 Å². The number of carbonyl (C=O) groups is 2. The lowest BCUT2D eigenvalue weighted by molar-refractivity contribution is -0.163. The molecule has 24 heavy (non-hydrogen) atoms. The molecule has 0 aromatic heterocycles. The van der Waals surface area contributed by atoms with Crippen LogP contribution in [-0.2, 0) is 23.8 Å². The molecule has 140 valence electrons. The van der Waals surface area contributed by atoms with Crippen LogP contribution in [0.15, 0.2) is 0 Å². The first-order valence-electron chi connectivity index (χ1n) is 8.30. The largest absolute Gasteiger partial charge is 0.457 e. The molecule has 1 aliphatic rings. The number of ether oxygens (including phenoxy) is 3. The fourth-order valence-corrected chi connectivity index (χ4v) is 4.87. The van der Waals surface area contributed by atoms with E-state index in [4.69, 9.17) is 14.2 Å². The van der Waals surface area contributed by atoms with E-state index >= 15 is 0 Å². The number of ketones is 1. The number of hydrogen-bond donors (Lipinski definition) is 0. The molecule has 2 atom stereocenters. The molecule has 1 rings (SSSR count). The summed E-state index contributed by atoms with van der Waals surface area (Å²) in [7, 11) is 0. The Bertz CT molecular complexity index is 439. The van der Waals surface area contributed by atoms with Crippen molar-refractivity contribution in [2.45, 2.75) is 71.0 Å². The number of rotatable bonds is 8. The Labute approximate surface area is 153 Å². The van der Waals surface area contributed by atoms with Gasteiger partial charge in [0.2, 0.25) is 5.78 Å². The minimum absolute atomic E-state index is 0.106. The molecule has 0 unspecified atom stereocenters. The van der Waals surface area contributed by atoms with Gasteiger partial charge in [0.25, 0.3) is 0 Å². The van der Waals surface area contributed by atoms with Crippen molar-refractivity contribution in [2.24, 2.45) is 5.41 Å². The second kappa shape index (κ2) is 8.92. The molecule has 0 bridgehead atoms. The minimum Gasteiger partial charge on any atom is -0.457 e. The summed E-state index contributed by atoms with van der Waals surface area (Å²) in [5.74, 6) is 0.393. The number of thioether (sulfide) groups is 2. The third-order valence-electron chi connectivity index (χ3n) is 3.33. The molecule has 1 saturated heterocycles. The van der Waals surface area contributed by atoms with Gasteiger partial charge in [0.1, 0.15) is 6.10 Å². The summed E-state index contributed by atoms with van der Waals surface area (Å²) in [4.78, 5) is 24.5. The number of carbonyl (C=O) groups excluding carboxylic acids is 2. The lowest BCUT2D eigenvalue weighted by atomic mass is 9.97. The molecule has 0 aromatic carbocycles. The van der Waals surface area contributed by atoms with Crippen molar-refractivity contribution in [1.82, 2.24) is 0 Å². The average Bonchev–Trinajstić information content (AvgIpc) is 2.79. The summed E-state index contributed by atoms with van der Waals surface area (Å²) < 4.78 is 17.1. The first-order chi connectivity index (χ1) is 11.0. The first kappa shape index (κ1) is 21.8. The van der Waals surface area contributed by atoms with Gasteiger partial charge in [-0.2, -0.15) is 0 Å². The third-order valence-corrected chi connectivity index (χ3v) is 6.01. The third kappa shape index (κ3) is 6.24. The highest BCUT2D eigenvalue weighted by Gasteiger charge is 2.48. The molecule has 0 aromatic rings. The Balaban J connectivity index is 2.80. The van der Waals surface area contributed by atoms with Crippen molar-refractivity contribution in [3.05, 3.63) is 0 Å². The van der Waals surface area contributed by atoms with E-state index in [9.17, 15) is 9.59 Å². The zero-order valence-corrected chi connectivity index (χ0v) is 17.3. The SMILES string of the molecule is CCSC(SCC)[C@H]1OC(C)(C)O[C@@H]1C(=O)COC(=O)C(C)(C)C. The second-order valence-corrected chi connectivity index (χ2v) is 10.2. The van der Waals surface area contributed by atoms with Crippen LogP contribution in [0, 0.1) is 5.41 Å². The standard InChI is InChI=1S/C17H30O5S2/c1-8-23-14(24-9-2)13-12(21-17(6,7)22-13)11(18)10-20-15(19)16(3,4)5/h12-14H,8-10H2,1-7H3/t12-,13+/m1/s1. The smallest absolute Gasteiger partial charge is 0.311 e. The highest BCUT2D eigenvalue weighted by Crippen LogP contribution is 2.39. The maximum atomic E-state index is 12.6. The Morgan fingerprint density at radius 1 is 1.12 bits per heavy atom. The van der Waals surface area contributed by atoms with Gasteiger partial charge in [0.15, 0.2) is 18.5 Å². The van der Waals surface area contributed by atoms with E-state index in [1.54, 1.807) is 58.1 Å². The highest BCUT2D eigenvalue weighted by molar-refractivity contribution is 8.17. The van der Waals surface area contributed by atoms with Gasteiger partial charge in [-0.15, -0.1) is 23.5 Å².